The lowest BCUT2D eigenvalue weighted by molar-refractivity contribution is 0.134. The first-order valence-corrected chi connectivity index (χ1v) is 10.9. The predicted octanol–water partition coefficient (Wildman–Crippen LogP) is 4.69. The van der Waals surface area contributed by atoms with E-state index < -0.39 is 5.41 Å². The van der Waals surface area contributed by atoms with Gasteiger partial charge in [-0.15, -0.1) is 0 Å². The number of likely N-dealkylation sites (N-methyl/N-ethyl adjacent to an activating group) is 1. The first-order valence-electron chi connectivity index (χ1n) is 9.59. The Bertz CT molecular complexity index is 798. The van der Waals surface area contributed by atoms with Crippen LogP contribution in [0.25, 0.3) is 0 Å². The molecule has 0 saturated heterocycles. The Balaban J connectivity index is 1.64. The molecule has 1 heterocycles. The molecule has 0 N–H and O–H groups in total. The minimum absolute atomic E-state index is 0.425. The molecule has 0 unspecified atom stereocenters. The van der Waals surface area contributed by atoms with Crippen molar-refractivity contribution in [2.75, 3.05) is 45.3 Å². The molecule has 156 valence electrons. The van der Waals surface area contributed by atoms with E-state index in [4.69, 9.17) is 21.7 Å². The lowest BCUT2D eigenvalue weighted by Gasteiger charge is -2.21. The van der Waals surface area contributed by atoms with Crippen molar-refractivity contribution in [3.63, 3.8) is 0 Å². The van der Waals surface area contributed by atoms with Crippen molar-refractivity contribution < 1.29 is 9.47 Å². The largest absolute Gasteiger partial charge is 0.432 e. The van der Waals surface area contributed by atoms with Gasteiger partial charge in [0.05, 0.1) is 18.1 Å². The quantitative estimate of drug-likeness (QED) is 0.402. The van der Waals surface area contributed by atoms with Gasteiger partial charge < -0.3 is 19.3 Å². The van der Waals surface area contributed by atoms with E-state index in [-0.39, 0.29) is 0 Å². The summed E-state index contributed by atoms with van der Waals surface area (Å²) in [7, 11) is 3.99. The number of thiocarbonyl (C=S) groups is 1. The summed E-state index contributed by atoms with van der Waals surface area (Å²) in [6.07, 6.45) is 0.872. The molecule has 0 aliphatic heterocycles. The molecule has 0 radical (unpaired) electrons. The van der Waals surface area contributed by atoms with Gasteiger partial charge >= 0.3 is 0 Å². The van der Waals surface area contributed by atoms with Crippen LogP contribution in [0.2, 0.25) is 0 Å². The molecule has 0 aliphatic rings. The average Bonchev–Trinajstić information content (AvgIpc) is 3.25. The minimum atomic E-state index is -0.519. The van der Waals surface area contributed by atoms with Crippen LogP contribution in [0.15, 0.2) is 41.1 Å². The Kier molecular flexibility index (Phi) is 8.90. The molecular formula is C22H29N3O2S2. The fraction of sp³-hybridized carbons (Fsp3) is 0.455. The number of thiophene rings is 1. The summed E-state index contributed by atoms with van der Waals surface area (Å²) in [4.78, 5) is 4.10. The number of hydrogen-bond donors (Lipinski definition) is 0. The van der Waals surface area contributed by atoms with Gasteiger partial charge in [-0.25, -0.2) is 0 Å². The molecule has 2 rings (SSSR count). The monoisotopic (exact) mass is 431 g/mol. The van der Waals surface area contributed by atoms with Gasteiger partial charge in [0.25, 0.3) is 5.17 Å². The molecule has 5 nitrogen and oxygen atoms in total. The van der Waals surface area contributed by atoms with E-state index in [2.05, 4.69) is 34.8 Å². The third-order valence-corrected chi connectivity index (χ3v) is 5.74. The van der Waals surface area contributed by atoms with Crippen molar-refractivity contribution in [3.8, 4) is 11.8 Å². The molecule has 2 aromatic rings. The molecular weight excluding hydrogens is 402 g/mol. The van der Waals surface area contributed by atoms with E-state index >= 15 is 0 Å². The second-order valence-corrected chi connectivity index (χ2v) is 8.55. The average molecular weight is 432 g/mol. The van der Waals surface area contributed by atoms with Gasteiger partial charge in [0.2, 0.25) is 0 Å². The molecule has 1 aromatic heterocycles. The van der Waals surface area contributed by atoms with Crippen LogP contribution in [0.3, 0.4) is 0 Å². The maximum Gasteiger partial charge on any atom is 0.264 e. The number of benzene rings is 1. The summed E-state index contributed by atoms with van der Waals surface area (Å²) in [6, 6.07) is 11.9. The zero-order chi connectivity index (χ0) is 21.3. The second-order valence-electron chi connectivity index (χ2n) is 7.42. The number of ether oxygens (including phenoxy) is 2. The first-order chi connectivity index (χ1) is 13.8. The van der Waals surface area contributed by atoms with Crippen LogP contribution in [-0.4, -0.2) is 50.5 Å². The van der Waals surface area contributed by atoms with Gasteiger partial charge in [-0.2, -0.15) is 16.6 Å². The number of rotatable bonds is 10. The van der Waals surface area contributed by atoms with Crippen LogP contribution >= 0.6 is 23.6 Å². The first kappa shape index (κ1) is 23.1. The summed E-state index contributed by atoms with van der Waals surface area (Å²) in [5, 5.41) is 13.9. The maximum atomic E-state index is 9.22. The zero-order valence-electron chi connectivity index (χ0n) is 17.6. The Morgan fingerprint density at radius 3 is 2.48 bits per heavy atom. The fourth-order valence-corrected chi connectivity index (χ4v) is 3.47. The molecule has 0 aliphatic carbocycles. The topological polar surface area (TPSA) is 48.7 Å². The number of nitriles is 1. The summed E-state index contributed by atoms with van der Waals surface area (Å²) in [6.45, 7) is 6.79. The van der Waals surface area contributed by atoms with Crippen molar-refractivity contribution in [1.82, 2.24) is 4.90 Å². The third-order valence-electron chi connectivity index (χ3n) is 4.67. The van der Waals surface area contributed by atoms with E-state index in [0.717, 1.165) is 25.1 Å². The molecule has 0 saturated carbocycles. The van der Waals surface area contributed by atoms with Gasteiger partial charge in [0.1, 0.15) is 5.75 Å². The van der Waals surface area contributed by atoms with E-state index in [1.807, 2.05) is 50.1 Å². The molecule has 0 fully saturated rings. The summed E-state index contributed by atoms with van der Waals surface area (Å²) in [5.41, 5.74) is 1.66. The Labute approximate surface area is 183 Å². The molecule has 0 atom stereocenters. The van der Waals surface area contributed by atoms with Crippen molar-refractivity contribution >= 4 is 34.4 Å². The lowest BCUT2D eigenvalue weighted by Crippen LogP contribution is -2.31. The van der Waals surface area contributed by atoms with Gasteiger partial charge in [-0.05, 0) is 61.6 Å². The van der Waals surface area contributed by atoms with Gasteiger partial charge in [-0.1, -0.05) is 12.1 Å². The highest BCUT2D eigenvalue weighted by Crippen LogP contribution is 2.24. The van der Waals surface area contributed by atoms with Crippen molar-refractivity contribution in [2.45, 2.75) is 25.7 Å². The number of anilines is 1. The van der Waals surface area contributed by atoms with Crippen LogP contribution in [0.5, 0.6) is 5.75 Å². The van der Waals surface area contributed by atoms with Crippen LogP contribution in [0, 0.1) is 11.3 Å². The maximum absolute atomic E-state index is 9.22. The van der Waals surface area contributed by atoms with E-state index in [0.29, 0.717) is 24.1 Å². The summed E-state index contributed by atoms with van der Waals surface area (Å²) < 4.78 is 11.5. The minimum Gasteiger partial charge on any atom is -0.432 e. The van der Waals surface area contributed by atoms with E-state index in [1.54, 1.807) is 11.3 Å². The van der Waals surface area contributed by atoms with E-state index in [9.17, 15) is 5.26 Å². The Morgan fingerprint density at radius 2 is 1.86 bits per heavy atom. The van der Waals surface area contributed by atoms with Gasteiger partial charge in [0.15, 0.2) is 0 Å². The highest BCUT2D eigenvalue weighted by molar-refractivity contribution is 7.80. The van der Waals surface area contributed by atoms with Crippen LogP contribution in [0.1, 0.15) is 25.8 Å². The molecule has 7 heteroatoms. The molecule has 29 heavy (non-hydrogen) atoms. The smallest absolute Gasteiger partial charge is 0.264 e. The van der Waals surface area contributed by atoms with E-state index in [1.165, 1.54) is 5.69 Å². The third kappa shape index (κ3) is 7.32. The van der Waals surface area contributed by atoms with Crippen molar-refractivity contribution in [3.05, 3.63) is 46.7 Å². The Morgan fingerprint density at radius 1 is 1.14 bits per heavy atom. The second kappa shape index (κ2) is 11.1. The van der Waals surface area contributed by atoms with Crippen LogP contribution in [-0.2, 0) is 10.2 Å². The number of nitrogens with zero attached hydrogens (tertiary/aromatic N) is 3. The summed E-state index contributed by atoms with van der Waals surface area (Å²) in [5.74, 6) is 0.673. The summed E-state index contributed by atoms with van der Waals surface area (Å²) >= 11 is 7.07. The highest BCUT2D eigenvalue weighted by atomic mass is 32.1. The molecule has 1 aromatic carbocycles. The number of hydrogen-bond acceptors (Lipinski definition) is 6. The standard InChI is InChI=1S/C22H29N3O2S2/c1-22(2,17-23)18-6-8-20(9-7-18)27-21(28)25(4)11-5-13-26-14-12-24(3)19-10-15-29-16-19/h6-10,15-16H,5,11-14H2,1-4H3. The van der Waals surface area contributed by atoms with Crippen LogP contribution < -0.4 is 9.64 Å². The molecule has 0 amide bonds. The normalized spacial score (nSPS) is 11.0. The molecule has 0 spiro atoms. The fourth-order valence-electron chi connectivity index (χ4n) is 2.59. The zero-order valence-corrected chi connectivity index (χ0v) is 19.2. The SMILES string of the molecule is CN(CCCOCCN(C)c1ccsc1)C(=S)Oc1ccc(C(C)(C)C#N)cc1. The van der Waals surface area contributed by atoms with Gasteiger partial charge in [0, 0.05) is 44.9 Å². The van der Waals surface area contributed by atoms with Gasteiger partial charge in [-0.3, -0.25) is 0 Å². The molecule has 0 bridgehead atoms. The van der Waals surface area contributed by atoms with Crippen LogP contribution in [0.4, 0.5) is 5.69 Å². The van der Waals surface area contributed by atoms with Crippen molar-refractivity contribution in [1.29, 1.82) is 5.26 Å². The predicted molar refractivity (Wildman–Crippen MR) is 124 cm³/mol. The van der Waals surface area contributed by atoms with Crippen molar-refractivity contribution in [2.24, 2.45) is 0 Å². The Hall–Kier alpha value is -2.14. The lowest BCUT2D eigenvalue weighted by atomic mass is 9.86. The highest BCUT2D eigenvalue weighted by Gasteiger charge is 2.19.